The number of rotatable bonds is 5. The fraction of sp³-hybridized carbons (Fsp3) is 0.375. The van der Waals surface area contributed by atoms with Crippen molar-refractivity contribution < 1.29 is 18.3 Å². The van der Waals surface area contributed by atoms with Gasteiger partial charge in [-0.05, 0) is 63.8 Å². The van der Waals surface area contributed by atoms with Gasteiger partial charge in [0.1, 0.15) is 0 Å². The summed E-state index contributed by atoms with van der Waals surface area (Å²) in [6.45, 7) is 21.6. The van der Waals surface area contributed by atoms with Crippen molar-refractivity contribution in [1.82, 2.24) is 0 Å². The molecule has 1 saturated heterocycles. The van der Waals surface area contributed by atoms with Gasteiger partial charge in [-0.2, -0.15) is 6.67 Å². The summed E-state index contributed by atoms with van der Waals surface area (Å²) in [5, 5.41) is 0. The first-order chi connectivity index (χ1) is 17.5. The van der Waals surface area contributed by atoms with Crippen LogP contribution in [0.15, 0.2) is 48.5 Å². The summed E-state index contributed by atoms with van der Waals surface area (Å²) < 4.78 is 7.51. The van der Waals surface area contributed by atoms with Gasteiger partial charge in [-0.3, -0.25) is 0 Å². The molecule has 1 aliphatic rings. The fourth-order valence-corrected chi connectivity index (χ4v) is 6.90. The zero-order valence-corrected chi connectivity index (χ0v) is 26.4. The van der Waals surface area contributed by atoms with Crippen molar-refractivity contribution in [2.75, 3.05) is 22.9 Å². The van der Waals surface area contributed by atoms with Gasteiger partial charge in [0.15, 0.2) is 0 Å². The Labute approximate surface area is 244 Å². The summed E-state index contributed by atoms with van der Waals surface area (Å²) in [6, 6.07) is 16.9. The molecule has 38 heavy (non-hydrogen) atoms. The van der Waals surface area contributed by atoms with Crippen molar-refractivity contribution in [3.8, 4) is 5.75 Å². The van der Waals surface area contributed by atoms with Crippen molar-refractivity contribution in [1.29, 1.82) is 0 Å². The summed E-state index contributed by atoms with van der Waals surface area (Å²) in [7, 11) is 11.6. The third-order valence-corrected chi connectivity index (χ3v) is 8.01. The largest absolute Gasteiger partial charge is 0.502 e. The van der Waals surface area contributed by atoms with Gasteiger partial charge in [-0.15, -0.1) is 0 Å². The zero-order chi connectivity index (χ0) is 27.3. The first-order valence-electron chi connectivity index (χ1n) is 12.6. The Bertz CT molecular complexity index is 1160. The van der Waals surface area contributed by atoms with Gasteiger partial charge in [0.05, 0.1) is 0 Å². The van der Waals surface area contributed by atoms with Crippen LogP contribution in [0.3, 0.4) is 0 Å². The number of benzene rings is 3. The second-order valence-electron chi connectivity index (χ2n) is 10.0. The van der Waals surface area contributed by atoms with Crippen LogP contribution in [-0.2, 0) is 13.5 Å². The van der Waals surface area contributed by atoms with E-state index in [0.29, 0.717) is 0 Å². The van der Waals surface area contributed by atoms with Crippen LogP contribution in [-0.4, -0.2) is 23.8 Å². The van der Waals surface area contributed by atoms with Gasteiger partial charge in [-0.1, -0.05) is 42.8 Å². The molecular weight excluding hydrogens is 600 g/mol. The van der Waals surface area contributed by atoms with Crippen LogP contribution in [0.25, 0.3) is 0 Å². The van der Waals surface area contributed by atoms with E-state index in [9.17, 15) is 0 Å². The van der Waals surface area contributed by atoms with Gasteiger partial charge in [0, 0.05) is 24.5 Å². The number of aryl methyl sites for hydroxylation is 6. The molecule has 1 aliphatic heterocycles. The Hall–Kier alpha value is -1.87. The number of ether oxygens (including phenoxy) is 1. The molecule has 0 amide bonds. The third kappa shape index (κ3) is 8.57. The first-order valence-corrected chi connectivity index (χ1v) is 18.1. The average molecular weight is 644 g/mol. The normalized spacial score (nSPS) is 13.1. The molecule has 0 bridgehead atoms. The molecule has 0 atom stereocenters. The van der Waals surface area contributed by atoms with Gasteiger partial charge >= 0.3 is 97.8 Å². The van der Waals surface area contributed by atoms with Crippen LogP contribution >= 0.6 is 19.4 Å². The molecule has 0 N–H and O–H groups in total. The number of anilines is 2. The van der Waals surface area contributed by atoms with Crippen molar-refractivity contribution in [2.45, 2.75) is 68.9 Å². The van der Waals surface area contributed by atoms with Gasteiger partial charge in [-0.25, -0.2) is 0 Å². The van der Waals surface area contributed by atoms with Crippen molar-refractivity contribution >= 4 is 35.4 Å². The molecule has 3 aromatic carbocycles. The molecule has 3 aromatic rings. The number of nitrogens with zero attached hydrogens (tertiary/aromatic N) is 2. The molecule has 0 radical (unpaired) electrons. The second kappa shape index (κ2) is 14.5. The molecule has 4 rings (SSSR count). The van der Waals surface area contributed by atoms with Gasteiger partial charge < -0.3 is 9.80 Å². The molecule has 0 spiro atoms. The van der Waals surface area contributed by atoms with E-state index in [1.165, 1.54) is 44.8 Å². The smallest absolute Gasteiger partial charge is 0.0146 e. The van der Waals surface area contributed by atoms with Crippen LogP contribution in [0.4, 0.5) is 11.4 Å². The van der Waals surface area contributed by atoms with Gasteiger partial charge in [0.25, 0.3) is 0 Å². The van der Waals surface area contributed by atoms with Crippen LogP contribution in [0.1, 0.15) is 60.2 Å². The minimum atomic E-state index is -1.77. The number of para-hydroxylation sites is 1. The summed E-state index contributed by atoms with van der Waals surface area (Å²) >= 11 is -1.77. The molecule has 0 saturated carbocycles. The van der Waals surface area contributed by atoms with Crippen LogP contribution in [0.2, 0.25) is 0 Å². The van der Waals surface area contributed by atoms with Crippen molar-refractivity contribution in [3.63, 3.8) is 0 Å². The molecule has 3 nitrogen and oxygen atoms in total. The third-order valence-electron chi connectivity index (χ3n) is 6.17. The van der Waals surface area contributed by atoms with E-state index in [2.05, 4.69) is 82.3 Å². The minimum Gasteiger partial charge on any atom is -0.502 e. The standard InChI is InChI=1S/C21H27N2.C10H12O.CH4.2ClH.Ru/c1-14-9-16(3)20(17(4)10-14)22-7-8-23(13-22)21-18(5)11-15(2)12-19(21)6;1-8(2)11-10-7-5-4-6-9(10)3;;;;/h9-13H,7-8H2,1-6H3;3-8H,1-2H3;1H4;2*1H;/q-1;;;;;+2/p-2. The van der Waals surface area contributed by atoms with E-state index in [4.69, 9.17) is 24.1 Å². The zero-order valence-electron chi connectivity index (χ0n) is 23.2. The minimum absolute atomic E-state index is 0. The predicted octanol–water partition coefficient (Wildman–Crippen LogP) is 9.17. The first kappa shape index (κ1) is 32.3. The Morgan fingerprint density at radius 1 is 0.789 bits per heavy atom. The van der Waals surface area contributed by atoms with E-state index in [1.54, 1.807) is 0 Å². The maximum Gasteiger partial charge on any atom is 0.0146 e. The van der Waals surface area contributed by atoms with Crippen molar-refractivity contribution in [3.05, 3.63) is 94.1 Å². The Morgan fingerprint density at radius 3 is 1.61 bits per heavy atom. The molecule has 6 heteroatoms. The van der Waals surface area contributed by atoms with Crippen molar-refractivity contribution in [2.24, 2.45) is 0 Å². The fourth-order valence-electron chi connectivity index (χ4n) is 5.10. The van der Waals surface area contributed by atoms with E-state index in [-0.39, 0.29) is 13.5 Å². The number of hydrogen-bond acceptors (Lipinski definition) is 3. The SMILES string of the molecule is C.CC(C)Oc1ccccc1[CH]=[Ru]([Cl])[Cl].Cc1cc(C)c(N2[CH-]N(c3c(C)cc(C)cc3C)CC2)c(C)c1. The molecular formula is C32H43Cl2N2ORu-. The van der Waals surface area contributed by atoms with E-state index in [0.717, 1.165) is 24.4 Å². The summed E-state index contributed by atoms with van der Waals surface area (Å²) in [5.74, 6) is 0.850. The quantitative estimate of drug-likeness (QED) is 0.204. The molecule has 210 valence electrons. The van der Waals surface area contributed by atoms with E-state index in [1.807, 2.05) is 42.7 Å². The molecule has 0 unspecified atom stereocenters. The Kier molecular flexibility index (Phi) is 12.3. The van der Waals surface area contributed by atoms with Crippen LogP contribution < -0.4 is 14.5 Å². The molecule has 1 fully saturated rings. The number of hydrogen-bond donors (Lipinski definition) is 0. The Balaban J connectivity index is 0.000000292. The average Bonchev–Trinajstić information content (AvgIpc) is 3.22. The summed E-state index contributed by atoms with van der Waals surface area (Å²) in [6.07, 6.45) is 0.163. The molecule has 0 aliphatic carbocycles. The maximum atomic E-state index is 5.82. The van der Waals surface area contributed by atoms with Crippen LogP contribution in [0, 0.1) is 48.2 Å². The van der Waals surface area contributed by atoms with Gasteiger partial charge in [0.2, 0.25) is 0 Å². The maximum absolute atomic E-state index is 5.82. The second-order valence-corrected chi connectivity index (χ2v) is 15.7. The summed E-state index contributed by atoms with van der Waals surface area (Å²) in [4.78, 5) is 4.81. The molecule has 0 aromatic heterocycles. The number of halogens is 2. The monoisotopic (exact) mass is 643 g/mol. The Morgan fingerprint density at radius 2 is 1.21 bits per heavy atom. The van der Waals surface area contributed by atoms with Crippen LogP contribution in [0.5, 0.6) is 5.75 Å². The van der Waals surface area contributed by atoms with E-state index < -0.39 is 13.5 Å². The topological polar surface area (TPSA) is 15.7 Å². The summed E-state index contributed by atoms with van der Waals surface area (Å²) in [5.41, 5.74) is 11.8. The predicted molar refractivity (Wildman–Crippen MR) is 166 cm³/mol. The molecule has 1 heterocycles. The van der Waals surface area contributed by atoms with E-state index >= 15 is 0 Å².